The molecule has 2 aliphatic rings. The van der Waals surface area contributed by atoms with E-state index < -0.39 is 17.8 Å². The standard InChI is InChI=1S/C25H32N2O5/c1-16(26-17(2)28)18-3-5-19(6-4-18)23(31)15-27-11-9-25(10-12-27)14-22(30)21-13-20(29)7-8-24(21)32-25/h3-8,13,16,22-23,29-31H,9-12,14-15H2,1-2H3,(H,26,28)/t16-,22+,23-/m1/s1. The Kier molecular flexibility index (Phi) is 6.42. The molecule has 4 rings (SSSR count). The number of aromatic hydroxyl groups is 1. The normalized spacial score (nSPS) is 21.9. The summed E-state index contributed by atoms with van der Waals surface area (Å²) >= 11 is 0. The van der Waals surface area contributed by atoms with Gasteiger partial charge in [-0.15, -0.1) is 0 Å². The van der Waals surface area contributed by atoms with E-state index in [9.17, 15) is 20.1 Å². The second-order valence-electron chi connectivity index (χ2n) is 9.13. The van der Waals surface area contributed by atoms with Gasteiger partial charge in [0.05, 0.1) is 18.2 Å². The fourth-order valence-electron chi connectivity index (χ4n) is 4.82. The van der Waals surface area contributed by atoms with Gasteiger partial charge in [0, 0.05) is 38.5 Å². The fourth-order valence-corrected chi connectivity index (χ4v) is 4.82. The summed E-state index contributed by atoms with van der Waals surface area (Å²) in [6.07, 6.45) is 0.791. The van der Waals surface area contributed by atoms with E-state index in [0.717, 1.165) is 37.1 Å². The zero-order chi connectivity index (χ0) is 22.9. The lowest BCUT2D eigenvalue weighted by atomic mass is 9.81. The largest absolute Gasteiger partial charge is 0.508 e. The number of phenols is 1. The van der Waals surface area contributed by atoms with Crippen LogP contribution in [0.15, 0.2) is 42.5 Å². The van der Waals surface area contributed by atoms with E-state index in [1.165, 1.54) is 6.92 Å². The number of phenolic OH excluding ortho intramolecular Hbond substituents is 1. The molecule has 0 aromatic heterocycles. The number of aliphatic hydroxyl groups is 2. The van der Waals surface area contributed by atoms with E-state index >= 15 is 0 Å². The number of benzene rings is 2. The smallest absolute Gasteiger partial charge is 0.217 e. The third-order valence-electron chi connectivity index (χ3n) is 6.68. The molecule has 172 valence electrons. The lowest BCUT2D eigenvalue weighted by Gasteiger charge is -2.46. The third kappa shape index (κ3) is 4.90. The summed E-state index contributed by atoms with van der Waals surface area (Å²) in [5, 5.41) is 33.9. The first-order chi connectivity index (χ1) is 15.2. The lowest BCUT2D eigenvalue weighted by Crippen LogP contribution is -2.51. The molecular formula is C25H32N2O5. The molecule has 1 spiro atoms. The van der Waals surface area contributed by atoms with Gasteiger partial charge >= 0.3 is 0 Å². The Hall–Kier alpha value is -2.61. The highest BCUT2D eigenvalue weighted by atomic mass is 16.5. The number of rotatable bonds is 5. The summed E-state index contributed by atoms with van der Waals surface area (Å²) in [6.45, 7) is 5.51. The van der Waals surface area contributed by atoms with Gasteiger partial charge in [-0.2, -0.15) is 0 Å². The van der Waals surface area contributed by atoms with Crippen LogP contribution in [-0.4, -0.2) is 51.4 Å². The minimum atomic E-state index is -0.651. The van der Waals surface area contributed by atoms with E-state index in [0.29, 0.717) is 24.3 Å². The van der Waals surface area contributed by atoms with Crippen molar-refractivity contribution in [2.75, 3.05) is 19.6 Å². The average molecular weight is 441 g/mol. The second kappa shape index (κ2) is 9.10. The van der Waals surface area contributed by atoms with Gasteiger partial charge in [-0.25, -0.2) is 0 Å². The highest BCUT2D eigenvalue weighted by Crippen LogP contribution is 2.45. The number of hydrogen-bond donors (Lipinski definition) is 4. The summed E-state index contributed by atoms with van der Waals surface area (Å²) < 4.78 is 6.30. The van der Waals surface area contributed by atoms with Gasteiger partial charge in [-0.05, 0) is 49.1 Å². The van der Waals surface area contributed by atoms with Crippen LogP contribution in [0.2, 0.25) is 0 Å². The zero-order valence-electron chi connectivity index (χ0n) is 18.6. The molecule has 32 heavy (non-hydrogen) atoms. The highest BCUT2D eigenvalue weighted by Gasteiger charge is 2.43. The maximum atomic E-state index is 11.2. The molecule has 0 unspecified atom stereocenters. The van der Waals surface area contributed by atoms with Crippen molar-refractivity contribution in [1.82, 2.24) is 10.2 Å². The molecule has 2 aliphatic heterocycles. The maximum Gasteiger partial charge on any atom is 0.217 e. The lowest BCUT2D eigenvalue weighted by molar-refractivity contribution is -0.119. The van der Waals surface area contributed by atoms with Crippen LogP contribution in [0.5, 0.6) is 11.5 Å². The predicted octanol–water partition coefficient (Wildman–Crippen LogP) is 2.97. The van der Waals surface area contributed by atoms with E-state index in [4.69, 9.17) is 4.74 Å². The van der Waals surface area contributed by atoms with E-state index in [-0.39, 0.29) is 17.7 Å². The summed E-state index contributed by atoms with van der Waals surface area (Å²) in [6, 6.07) is 12.5. The number of hydrogen-bond acceptors (Lipinski definition) is 6. The van der Waals surface area contributed by atoms with Gasteiger partial charge in [0.15, 0.2) is 0 Å². The number of piperidine rings is 1. The highest BCUT2D eigenvalue weighted by molar-refractivity contribution is 5.73. The summed E-state index contributed by atoms with van der Waals surface area (Å²) in [5.41, 5.74) is 2.08. The Balaban J connectivity index is 1.33. The van der Waals surface area contributed by atoms with Crippen LogP contribution in [0.1, 0.15) is 68.1 Å². The second-order valence-corrected chi connectivity index (χ2v) is 9.13. The third-order valence-corrected chi connectivity index (χ3v) is 6.68. The van der Waals surface area contributed by atoms with Crippen LogP contribution in [0, 0.1) is 0 Å². The van der Waals surface area contributed by atoms with Crippen molar-refractivity contribution >= 4 is 5.91 Å². The van der Waals surface area contributed by atoms with Crippen molar-refractivity contribution in [2.45, 2.75) is 57.0 Å². The monoisotopic (exact) mass is 440 g/mol. The molecule has 1 saturated heterocycles. The van der Waals surface area contributed by atoms with Gasteiger partial charge in [0.1, 0.15) is 17.1 Å². The number of fused-ring (bicyclic) bond motifs is 1. The number of likely N-dealkylation sites (tertiary alicyclic amines) is 1. The van der Waals surface area contributed by atoms with Crippen molar-refractivity contribution in [2.24, 2.45) is 0 Å². The number of nitrogens with one attached hydrogen (secondary N) is 1. The van der Waals surface area contributed by atoms with Gasteiger partial charge in [0.2, 0.25) is 5.91 Å². The predicted molar refractivity (Wildman–Crippen MR) is 120 cm³/mol. The van der Waals surface area contributed by atoms with E-state index in [1.54, 1.807) is 18.2 Å². The fraction of sp³-hybridized carbons (Fsp3) is 0.480. The maximum absolute atomic E-state index is 11.2. The molecule has 0 saturated carbocycles. The van der Waals surface area contributed by atoms with Crippen LogP contribution in [0.4, 0.5) is 0 Å². The topological polar surface area (TPSA) is 102 Å². The Bertz CT molecular complexity index is 953. The van der Waals surface area contributed by atoms with Crippen LogP contribution in [0.25, 0.3) is 0 Å². The first-order valence-corrected chi connectivity index (χ1v) is 11.2. The zero-order valence-corrected chi connectivity index (χ0v) is 18.6. The van der Waals surface area contributed by atoms with Crippen LogP contribution in [-0.2, 0) is 4.79 Å². The number of nitrogens with zero attached hydrogens (tertiary/aromatic N) is 1. The summed E-state index contributed by atoms with van der Waals surface area (Å²) in [7, 11) is 0. The van der Waals surface area contributed by atoms with Crippen molar-refractivity contribution in [3.8, 4) is 11.5 Å². The van der Waals surface area contributed by atoms with Gasteiger partial charge in [-0.3, -0.25) is 4.79 Å². The van der Waals surface area contributed by atoms with Gasteiger partial charge in [-0.1, -0.05) is 24.3 Å². The van der Waals surface area contributed by atoms with Gasteiger partial charge in [0.25, 0.3) is 0 Å². The Morgan fingerprint density at radius 3 is 2.50 bits per heavy atom. The molecule has 0 bridgehead atoms. The molecule has 0 aliphatic carbocycles. The summed E-state index contributed by atoms with van der Waals surface area (Å²) in [5.74, 6) is 0.702. The molecule has 2 heterocycles. The average Bonchev–Trinajstić information content (AvgIpc) is 2.76. The number of amides is 1. The molecule has 1 fully saturated rings. The van der Waals surface area contributed by atoms with Crippen molar-refractivity contribution < 1.29 is 24.9 Å². The molecule has 7 nitrogen and oxygen atoms in total. The number of ether oxygens (including phenoxy) is 1. The summed E-state index contributed by atoms with van der Waals surface area (Å²) in [4.78, 5) is 13.5. The minimum absolute atomic E-state index is 0.0689. The first kappa shape index (κ1) is 22.6. The molecule has 7 heteroatoms. The van der Waals surface area contributed by atoms with Crippen LogP contribution < -0.4 is 10.1 Å². The van der Waals surface area contributed by atoms with Crippen molar-refractivity contribution in [3.63, 3.8) is 0 Å². The molecule has 3 atom stereocenters. The quantitative estimate of drug-likeness (QED) is 0.570. The molecule has 2 aromatic carbocycles. The van der Waals surface area contributed by atoms with E-state index in [2.05, 4.69) is 10.2 Å². The SMILES string of the molecule is CC(=O)N[C@H](C)c1ccc([C@H](O)CN2CCC3(CC2)C[C@H](O)c2cc(O)ccc2O3)cc1. The number of aliphatic hydroxyl groups excluding tert-OH is 2. The van der Waals surface area contributed by atoms with Crippen LogP contribution in [0.3, 0.4) is 0 Å². The van der Waals surface area contributed by atoms with Gasteiger partial charge < -0.3 is 30.3 Å². The number of β-amino-alcohol motifs (C(OH)–C–C–N with tert-alkyl or cyclic N) is 1. The first-order valence-electron chi connectivity index (χ1n) is 11.2. The minimum Gasteiger partial charge on any atom is -0.508 e. The molecule has 1 amide bonds. The van der Waals surface area contributed by atoms with Crippen molar-refractivity contribution in [3.05, 3.63) is 59.2 Å². The number of carbonyl (C=O) groups excluding carboxylic acids is 1. The van der Waals surface area contributed by atoms with E-state index in [1.807, 2.05) is 31.2 Å². The van der Waals surface area contributed by atoms with Crippen molar-refractivity contribution in [1.29, 1.82) is 0 Å². The Labute approximate surface area is 188 Å². The number of carbonyl (C=O) groups is 1. The molecular weight excluding hydrogens is 408 g/mol. The molecule has 0 radical (unpaired) electrons. The molecule has 4 N–H and O–H groups in total. The Morgan fingerprint density at radius 2 is 1.84 bits per heavy atom. The molecule has 2 aromatic rings. The Morgan fingerprint density at radius 1 is 1.19 bits per heavy atom. The van der Waals surface area contributed by atoms with Crippen LogP contribution >= 0.6 is 0 Å².